The predicted molar refractivity (Wildman–Crippen MR) is 78.6 cm³/mol. The fourth-order valence-corrected chi connectivity index (χ4v) is 3.39. The molecule has 1 aromatic carbocycles. The van der Waals surface area contributed by atoms with Crippen LogP contribution in [0.15, 0.2) is 23.1 Å². The van der Waals surface area contributed by atoms with E-state index in [2.05, 4.69) is 13.5 Å². The second-order valence-corrected chi connectivity index (χ2v) is 6.78. The van der Waals surface area contributed by atoms with E-state index in [1.165, 1.54) is 6.07 Å². The number of aromatic nitrogens is 2. The average Bonchev–Trinajstić information content (AvgIpc) is 2.83. The first-order valence-electron chi connectivity index (χ1n) is 5.42. The molecule has 1 unspecified atom stereocenters. The number of hydrogen-bond donors (Lipinski definition) is 2. The van der Waals surface area contributed by atoms with Gasteiger partial charge in [-0.15, -0.1) is 0 Å². The van der Waals surface area contributed by atoms with Gasteiger partial charge in [-0.25, -0.2) is 13.1 Å². The van der Waals surface area contributed by atoms with E-state index in [0.717, 1.165) is 11.7 Å². The number of nitrogens with zero attached hydrogens (tertiary/aromatic N) is 2. The van der Waals surface area contributed by atoms with Crippen molar-refractivity contribution < 1.29 is 8.42 Å². The SMILES string of the molecule is CC(CNS(=O)(=O)c1cccc2nsnc12)C(N)=S. The summed E-state index contributed by atoms with van der Waals surface area (Å²) in [5, 5.41) is 0. The Hall–Kier alpha value is -1.16. The van der Waals surface area contributed by atoms with Crippen molar-refractivity contribution in [1.29, 1.82) is 0 Å². The van der Waals surface area contributed by atoms with E-state index in [9.17, 15) is 8.42 Å². The Morgan fingerprint density at radius 1 is 1.53 bits per heavy atom. The molecule has 0 aliphatic heterocycles. The van der Waals surface area contributed by atoms with Gasteiger partial charge >= 0.3 is 0 Å². The minimum absolute atomic E-state index is 0.119. The number of benzene rings is 1. The number of rotatable bonds is 5. The molecule has 1 aromatic heterocycles. The van der Waals surface area contributed by atoms with Crippen molar-refractivity contribution in [2.24, 2.45) is 11.7 Å². The van der Waals surface area contributed by atoms with Gasteiger partial charge < -0.3 is 5.73 Å². The van der Waals surface area contributed by atoms with Gasteiger partial charge in [0.1, 0.15) is 15.9 Å². The molecule has 0 saturated heterocycles. The Kier molecular flexibility index (Phi) is 4.09. The monoisotopic (exact) mass is 316 g/mol. The van der Waals surface area contributed by atoms with Crippen molar-refractivity contribution in [1.82, 2.24) is 13.5 Å². The van der Waals surface area contributed by atoms with E-state index in [-0.39, 0.29) is 22.3 Å². The molecule has 3 N–H and O–H groups in total. The number of sulfonamides is 1. The Morgan fingerprint density at radius 3 is 2.95 bits per heavy atom. The molecular formula is C10H12N4O2S3. The van der Waals surface area contributed by atoms with Crippen LogP contribution in [0.4, 0.5) is 0 Å². The van der Waals surface area contributed by atoms with Crippen LogP contribution in [0.2, 0.25) is 0 Å². The van der Waals surface area contributed by atoms with Gasteiger partial charge in [-0.3, -0.25) is 0 Å². The number of nitrogens with one attached hydrogen (secondary N) is 1. The van der Waals surface area contributed by atoms with Gasteiger partial charge in [0.2, 0.25) is 10.0 Å². The summed E-state index contributed by atoms with van der Waals surface area (Å²) >= 11 is 5.79. The molecule has 2 aromatic rings. The van der Waals surface area contributed by atoms with Gasteiger partial charge in [-0.05, 0) is 12.1 Å². The predicted octanol–water partition coefficient (Wildman–Crippen LogP) is 0.892. The molecule has 0 saturated carbocycles. The van der Waals surface area contributed by atoms with Crippen molar-refractivity contribution in [3.8, 4) is 0 Å². The molecule has 9 heteroatoms. The Balaban J connectivity index is 2.29. The summed E-state index contributed by atoms with van der Waals surface area (Å²) in [5.41, 5.74) is 6.40. The summed E-state index contributed by atoms with van der Waals surface area (Å²) in [6.07, 6.45) is 0. The van der Waals surface area contributed by atoms with Crippen LogP contribution in [-0.2, 0) is 10.0 Å². The third-order valence-electron chi connectivity index (χ3n) is 2.60. The highest BCUT2D eigenvalue weighted by atomic mass is 32.2. The summed E-state index contributed by atoms with van der Waals surface area (Å²) in [6, 6.07) is 4.85. The zero-order valence-electron chi connectivity index (χ0n) is 10.0. The molecule has 1 atom stereocenters. The van der Waals surface area contributed by atoms with Crippen LogP contribution in [0.1, 0.15) is 6.92 Å². The highest BCUT2D eigenvalue weighted by Crippen LogP contribution is 2.20. The lowest BCUT2D eigenvalue weighted by atomic mass is 10.2. The molecular weight excluding hydrogens is 304 g/mol. The summed E-state index contributed by atoms with van der Waals surface area (Å²) in [5.74, 6) is -0.211. The van der Waals surface area contributed by atoms with E-state index in [1.54, 1.807) is 19.1 Å². The number of nitrogens with two attached hydrogens (primary N) is 1. The van der Waals surface area contributed by atoms with Gasteiger partial charge in [0.25, 0.3) is 0 Å². The number of hydrogen-bond acceptors (Lipinski definition) is 6. The molecule has 0 aliphatic rings. The molecule has 0 bridgehead atoms. The maximum Gasteiger partial charge on any atom is 0.242 e. The lowest BCUT2D eigenvalue weighted by Crippen LogP contribution is -2.33. The smallest absolute Gasteiger partial charge is 0.242 e. The third kappa shape index (κ3) is 3.06. The number of thiocarbonyl (C=S) groups is 1. The third-order valence-corrected chi connectivity index (χ3v) is 5.00. The highest BCUT2D eigenvalue weighted by Gasteiger charge is 2.20. The number of fused-ring (bicyclic) bond motifs is 1. The Bertz CT molecular complexity index is 710. The minimum atomic E-state index is -3.65. The Labute approximate surface area is 120 Å². The maximum absolute atomic E-state index is 12.2. The summed E-state index contributed by atoms with van der Waals surface area (Å²) < 4.78 is 34.9. The van der Waals surface area contributed by atoms with Crippen molar-refractivity contribution in [3.63, 3.8) is 0 Å². The van der Waals surface area contributed by atoms with Crippen LogP contribution in [0.3, 0.4) is 0 Å². The quantitative estimate of drug-likeness (QED) is 0.795. The lowest BCUT2D eigenvalue weighted by Gasteiger charge is -2.11. The van der Waals surface area contributed by atoms with Gasteiger partial charge in [-0.2, -0.15) is 8.75 Å². The molecule has 102 valence electrons. The second kappa shape index (κ2) is 5.45. The van der Waals surface area contributed by atoms with Crippen LogP contribution < -0.4 is 10.5 Å². The molecule has 0 amide bonds. The zero-order chi connectivity index (χ0) is 14.0. The van der Waals surface area contributed by atoms with E-state index < -0.39 is 10.0 Å². The molecule has 0 aliphatic carbocycles. The molecule has 0 fully saturated rings. The van der Waals surface area contributed by atoms with Gasteiger partial charge in [0.15, 0.2) is 0 Å². The van der Waals surface area contributed by atoms with E-state index in [0.29, 0.717) is 11.0 Å². The maximum atomic E-state index is 12.2. The van der Waals surface area contributed by atoms with Crippen molar-refractivity contribution >= 4 is 50.0 Å². The first-order valence-corrected chi connectivity index (χ1v) is 8.04. The van der Waals surface area contributed by atoms with Crippen LogP contribution in [0.5, 0.6) is 0 Å². The summed E-state index contributed by atoms with van der Waals surface area (Å²) in [6.45, 7) is 1.92. The van der Waals surface area contributed by atoms with Gasteiger partial charge in [0, 0.05) is 12.5 Å². The molecule has 0 radical (unpaired) electrons. The van der Waals surface area contributed by atoms with Gasteiger partial charge in [0.05, 0.1) is 16.7 Å². The van der Waals surface area contributed by atoms with Crippen LogP contribution in [0.25, 0.3) is 11.0 Å². The fourth-order valence-electron chi connectivity index (χ4n) is 1.41. The van der Waals surface area contributed by atoms with Crippen molar-refractivity contribution in [3.05, 3.63) is 18.2 Å². The topological polar surface area (TPSA) is 98.0 Å². The molecule has 6 nitrogen and oxygen atoms in total. The van der Waals surface area contributed by atoms with E-state index in [1.807, 2.05) is 0 Å². The van der Waals surface area contributed by atoms with Crippen molar-refractivity contribution in [2.45, 2.75) is 11.8 Å². The van der Waals surface area contributed by atoms with E-state index >= 15 is 0 Å². The van der Waals surface area contributed by atoms with Crippen LogP contribution >= 0.6 is 23.9 Å². The normalized spacial score (nSPS) is 13.5. The zero-order valence-corrected chi connectivity index (χ0v) is 12.5. The summed E-state index contributed by atoms with van der Waals surface area (Å²) in [4.78, 5) is 0.394. The lowest BCUT2D eigenvalue weighted by molar-refractivity contribution is 0.576. The molecule has 1 heterocycles. The Morgan fingerprint density at radius 2 is 2.26 bits per heavy atom. The second-order valence-electron chi connectivity index (χ2n) is 4.04. The first-order chi connectivity index (χ1) is 8.92. The average molecular weight is 316 g/mol. The van der Waals surface area contributed by atoms with Crippen LogP contribution in [0, 0.1) is 5.92 Å². The first kappa shape index (κ1) is 14.3. The highest BCUT2D eigenvalue weighted by molar-refractivity contribution is 7.89. The van der Waals surface area contributed by atoms with Crippen molar-refractivity contribution in [2.75, 3.05) is 6.54 Å². The standard InChI is InChI=1S/C10H12N4O2S3/c1-6(10(11)17)5-12-19(15,16)8-4-2-3-7-9(8)14-18-13-7/h2-4,6,12H,5H2,1H3,(H2,11,17). The minimum Gasteiger partial charge on any atom is -0.393 e. The summed E-state index contributed by atoms with van der Waals surface area (Å²) in [7, 11) is -3.65. The largest absolute Gasteiger partial charge is 0.393 e. The molecule has 2 rings (SSSR count). The molecule has 19 heavy (non-hydrogen) atoms. The molecule has 0 spiro atoms. The van der Waals surface area contributed by atoms with E-state index in [4.69, 9.17) is 18.0 Å². The van der Waals surface area contributed by atoms with Gasteiger partial charge in [-0.1, -0.05) is 25.2 Å². The van der Waals surface area contributed by atoms with Crippen LogP contribution in [-0.4, -0.2) is 28.7 Å². The fraction of sp³-hybridized carbons (Fsp3) is 0.300.